The van der Waals surface area contributed by atoms with Gasteiger partial charge in [0.25, 0.3) is 0 Å². The standard InChI is InChI=1S/C21H26N6O/c1-25(2)21-18-11-17(5-6-19(18)22-14-23-21)27-9-7-26(8-10-27)13-16-12-24-28-20(16)15-3-4-15/h5-6,11-12,14-15H,3-4,7-10,13H2,1-2H3. The van der Waals surface area contributed by atoms with Crippen LogP contribution in [0.1, 0.15) is 30.1 Å². The van der Waals surface area contributed by atoms with Crippen molar-refractivity contribution in [2.45, 2.75) is 25.3 Å². The van der Waals surface area contributed by atoms with E-state index in [0.29, 0.717) is 5.92 Å². The van der Waals surface area contributed by atoms with Gasteiger partial charge in [-0.25, -0.2) is 9.97 Å². The van der Waals surface area contributed by atoms with E-state index in [1.807, 2.05) is 25.2 Å². The number of anilines is 2. The summed E-state index contributed by atoms with van der Waals surface area (Å²) in [4.78, 5) is 15.9. The molecule has 0 radical (unpaired) electrons. The van der Waals surface area contributed by atoms with Crippen LogP contribution in [0.3, 0.4) is 0 Å². The van der Waals surface area contributed by atoms with Gasteiger partial charge in [-0.05, 0) is 31.0 Å². The lowest BCUT2D eigenvalue weighted by molar-refractivity contribution is 0.247. The Labute approximate surface area is 164 Å². The molecule has 2 aliphatic rings. The summed E-state index contributed by atoms with van der Waals surface area (Å²) in [7, 11) is 4.04. The molecule has 0 spiro atoms. The van der Waals surface area contributed by atoms with Crippen molar-refractivity contribution in [2.75, 3.05) is 50.1 Å². The minimum absolute atomic E-state index is 0.615. The summed E-state index contributed by atoms with van der Waals surface area (Å²) in [6.45, 7) is 5.05. The molecule has 0 bridgehead atoms. The molecular formula is C21H26N6O. The Kier molecular flexibility index (Phi) is 4.39. The van der Waals surface area contributed by atoms with Gasteiger partial charge in [0.1, 0.15) is 17.9 Å². The number of hydrogen-bond donors (Lipinski definition) is 0. The van der Waals surface area contributed by atoms with Crippen molar-refractivity contribution < 1.29 is 4.52 Å². The fraction of sp³-hybridized carbons (Fsp3) is 0.476. The molecule has 2 aromatic heterocycles. The van der Waals surface area contributed by atoms with Crippen molar-refractivity contribution in [3.8, 4) is 0 Å². The van der Waals surface area contributed by atoms with Crippen molar-refractivity contribution in [3.63, 3.8) is 0 Å². The van der Waals surface area contributed by atoms with Gasteiger partial charge in [0.05, 0.1) is 11.7 Å². The molecule has 0 N–H and O–H groups in total. The quantitative estimate of drug-likeness (QED) is 0.676. The van der Waals surface area contributed by atoms with Crippen molar-refractivity contribution >= 4 is 22.4 Å². The van der Waals surface area contributed by atoms with Crippen molar-refractivity contribution in [2.24, 2.45) is 0 Å². The molecule has 3 aromatic rings. The van der Waals surface area contributed by atoms with Gasteiger partial charge in [-0.2, -0.15) is 0 Å². The maximum Gasteiger partial charge on any atom is 0.144 e. The van der Waals surface area contributed by atoms with Crippen LogP contribution < -0.4 is 9.80 Å². The van der Waals surface area contributed by atoms with Crippen molar-refractivity contribution in [3.05, 3.63) is 42.0 Å². The summed E-state index contributed by atoms with van der Waals surface area (Å²) in [5.41, 5.74) is 3.50. The third-order valence-corrected chi connectivity index (χ3v) is 5.78. The van der Waals surface area contributed by atoms with Crippen LogP contribution in [0, 0.1) is 0 Å². The predicted molar refractivity (Wildman–Crippen MR) is 110 cm³/mol. The number of rotatable bonds is 5. The Balaban J connectivity index is 1.28. The number of nitrogens with zero attached hydrogens (tertiary/aromatic N) is 6. The fourth-order valence-electron chi connectivity index (χ4n) is 4.06. The molecule has 0 unspecified atom stereocenters. The Morgan fingerprint density at radius 1 is 1.11 bits per heavy atom. The molecule has 146 valence electrons. The highest BCUT2D eigenvalue weighted by molar-refractivity contribution is 5.91. The molecule has 0 amide bonds. The molecule has 1 aromatic carbocycles. The minimum Gasteiger partial charge on any atom is -0.369 e. The van der Waals surface area contributed by atoms with Crippen LogP contribution >= 0.6 is 0 Å². The van der Waals surface area contributed by atoms with Gasteiger partial charge in [0, 0.05) is 69.4 Å². The lowest BCUT2D eigenvalue weighted by Gasteiger charge is -2.36. The number of fused-ring (bicyclic) bond motifs is 1. The van der Waals surface area contributed by atoms with Gasteiger partial charge in [-0.1, -0.05) is 5.16 Å². The maximum absolute atomic E-state index is 5.49. The van der Waals surface area contributed by atoms with E-state index in [2.05, 4.69) is 43.1 Å². The third kappa shape index (κ3) is 3.30. The minimum atomic E-state index is 0.615. The predicted octanol–water partition coefficient (Wildman–Crippen LogP) is 2.88. The summed E-state index contributed by atoms with van der Waals surface area (Å²) in [5.74, 6) is 2.70. The smallest absolute Gasteiger partial charge is 0.144 e. The van der Waals surface area contributed by atoms with E-state index in [1.54, 1.807) is 6.33 Å². The number of hydrogen-bond acceptors (Lipinski definition) is 7. The van der Waals surface area contributed by atoms with E-state index in [-0.39, 0.29) is 0 Å². The summed E-state index contributed by atoms with van der Waals surface area (Å²) < 4.78 is 5.49. The third-order valence-electron chi connectivity index (χ3n) is 5.78. The molecule has 3 heterocycles. The average molecular weight is 378 g/mol. The molecule has 0 atom stereocenters. The zero-order chi connectivity index (χ0) is 19.1. The normalized spacial score (nSPS) is 18.0. The molecule has 5 rings (SSSR count). The lowest BCUT2D eigenvalue weighted by atomic mass is 10.1. The van der Waals surface area contributed by atoms with Crippen LogP contribution in [0.25, 0.3) is 10.9 Å². The Morgan fingerprint density at radius 3 is 2.68 bits per heavy atom. The molecule has 2 fully saturated rings. The zero-order valence-electron chi connectivity index (χ0n) is 16.5. The van der Waals surface area contributed by atoms with Crippen LogP contribution in [0.4, 0.5) is 11.5 Å². The van der Waals surface area contributed by atoms with Crippen LogP contribution in [-0.4, -0.2) is 60.3 Å². The Bertz CT molecular complexity index is 972. The summed E-state index contributed by atoms with van der Waals surface area (Å²) >= 11 is 0. The first-order valence-electron chi connectivity index (χ1n) is 10.0. The van der Waals surface area contributed by atoms with E-state index in [4.69, 9.17) is 4.52 Å². The number of aromatic nitrogens is 3. The second-order valence-electron chi connectivity index (χ2n) is 8.05. The summed E-state index contributed by atoms with van der Waals surface area (Å²) in [6.07, 6.45) is 6.04. The average Bonchev–Trinajstić information content (AvgIpc) is 3.46. The second kappa shape index (κ2) is 7.05. The molecular weight excluding hydrogens is 352 g/mol. The molecule has 1 saturated heterocycles. The van der Waals surface area contributed by atoms with Crippen LogP contribution in [-0.2, 0) is 6.54 Å². The Morgan fingerprint density at radius 2 is 1.93 bits per heavy atom. The first-order valence-corrected chi connectivity index (χ1v) is 10.0. The van der Waals surface area contributed by atoms with E-state index >= 15 is 0 Å². The topological polar surface area (TPSA) is 61.5 Å². The number of benzene rings is 1. The van der Waals surface area contributed by atoms with Gasteiger partial charge >= 0.3 is 0 Å². The molecule has 28 heavy (non-hydrogen) atoms. The molecule has 7 nitrogen and oxygen atoms in total. The molecule has 1 saturated carbocycles. The highest BCUT2D eigenvalue weighted by atomic mass is 16.5. The van der Waals surface area contributed by atoms with Gasteiger partial charge in [-0.3, -0.25) is 4.90 Å². The van der Waals surface area contributed by atoms with E-state index < -0.39 is 0 Å². The molecule has 7 heteroatoms. The van der Waals surface area contributed by atoms with Crippen molar-refractivity contribution in [1.82, 2.24) is 20.0 Å². The zero-order valence-corrected chi connectivity index (χ0v) is 16.5. The van der Waals surface area contributed by atoms with Gasteiger partial charge in [0.2, 0.25) is 0 Å². The first kappa shape index (κ1) is 17.4. The van der Waals surface area contributed by atoms with Crippen LogP contribution in [0.15, 0.2) is 35.2 Å². The van der Waals surface area contributed by atoms with E-state index in [9.17, 15) is 0 Å². The van der Waals surface area contributed by atoms with Gasteiger partial charge in [-0.15, -0.1) is 0 Å². The highest BCUT2D eigenvalue weighted by Gasteiger charge is 2.31. The van der Waals surface area contributed by atoms with Gasteiger partial charge in [0.15, 0.2) is 0 Å². The highest BCUT2D eigenvalue weighted by Crippen LogP contribution is 2.41. The van der Waals surface area contributed by atoms with Crippen molar-refractivity contribution in [1.29, 1.82) is 0 Å². The van der Waals surface area contributed by atoms with Gasteiger partial charge < -0.3 is 14.3 Å². The monoisotopic (exact) mass is 378 g/mol. The molecule has 1 aliphatic heterocycles. The Hall–Kier alpha value is -2.67. The largest absolute Gasteiger partial charge is 0.369 e. The van der Waals surface area contributed by atoms with Crippen LogP contribution in [0.2, 0.25) is 0 Å². The van der Waals surface area contributed by atoms with Crippen LogP contribution in [0.5, 0.6) is 0 Å². The maximum atomic E-state index is 5.49. The van der Waals surface area contributed by atoms with E-state index in [1.165, 1.54) is 24.1 Å². The number of piperazine rings is 1. The SMILES string of the molecule is CN(C)c1ncnc2ccc(N3CCN(Cc4cnoc4C4CC4)CC3)cc12. The second-order valence-corrected chi connectivity index (χ2v) is 8.05. The summed E-state index contributed by atoms with van der Waals surface area (Å²) in [5, 5.41) is 5.14. The fourth-order valence-corrected chi connectivity index (χ4v) is 4.06. The molecule has 1 aliphatic carbocycles. The first-order chi connectivity index (χ1) is 13.7. The van der Waals surface area contributed by atoms with E-state index in [0.717, 1.165) is 55.2 Å². The summed E-state index contributed by atoms with van der Waals surface area (Å²) in [6, 6.07) is 6.51. The lowest BCUT2D eigenvalue weighted by Crippen LogP contribution is -2.46.